The molecule has 0 bridgehead atoms. The summed E-state index contributed by atoms with van der Waals surface area (Å²) in [6.45, 7) is 11.9. The average Bonchev–Trinajstić information content (AvgIpc) is 1.97. The monoisotopic (exact) mass is 266 g/mol. The third kappa shape index (κ3) is 2.73. The molecule has 1 aliphatic rings. The summed E-state index contributed by atoms with van der Waals surface area (Å²) in [4.78, 5) is 0. The van der Waals surface area contributed by atoms with Crippen molar-refractivity contribution >= 4 is 28.9 Å². The van der Waals surface area contributed by atoms with E-state index in [1.54, 1.807) is 0 Å². The minimum absolute atomic E-state index is 0.337. The van der Waals surface area contributed by atoms with Crippen molar-refractivity contribution < 1.29 is 0 Å². The van der Waals surface area contributed by atoms with Crippen molar-refractivity contribution in [2.45, 2.75) is 59.5 Å². The van der Waals surface area contributed by atoms with Gasteiger partial charge < -0.3 is 0 Å². The van der Waals surface area contributed by atoms with Crippen LogP contribution in [-0.2, 0) is 0 Å². The molecule has 0 nitrogen and oxygen atoms in total. The van der Waals surface area contributed by atoms with Gasteiger partial charge in [-0.05, 0) is 34.8 Å². The lowest BCUT2D eigenvalue weighted by molar-refractivity contribution is 0.153. The summed E-state index contributed by atoms with van der Waals surface area (Å²) in [6.07, 6.45) is 1.17. The predicted molar refractivity (Wildman–Crippen MR) is 73.0 cm³/mol. The highest BCUT2D eigenvalue weighted by Gasteiger charge is 2.63. The minimum Gasteiger partial charge on any atom is -0.146 e. The minimum atomic E-state index is -1.94. The van der Waals surface area contributed by atoms with Gasteiger partial charge in [0.1, 0.15) is 0 Å². The maximum absolute atomic E-state index is 6.51. The molecule has 2 unspecified atom stereocenters. The van der Waals surface area contributed by atoms with Crippen LogP contribution in [0.4, 0.5) is 0 Å². The SMILES string of the molecule is CC(C)C1(C)C[Si](Cl)(Cl)C1CC(C)(C)C. The Hall–Kier alpha value is 0.797. The van der Waals surface area contributed by atoms with Crippen molar-refractivity contribution in [2.24, 2.45) is 16.7 Å². The second-order valence-electron chi connectivity index (χ2n) is 6.92. The number of hydrogen-bond donors (Lipinski definition) is 0. The molecule has 0 radical (unpaired) electrons. The fourth-order valence-corrected chi connectivity index (χ4v) is 10.3. The third-order valence-electron chi connectivity index (χ3n) is 4.06. The van der Waals surface area contributed by atoms with Crippen LogP contribution in [0.15, 0.2) is 0 Å². The molecule has 1 heterocycles. The van der Waals surface area contributed by atoms with Gasteiger partial charge in [0.25, 0.3) is 6.69 Å². The van der Waals surface area contributed by atoms with Gasteiger partial charge in [-0.15, -0.1) is 22.2 Å². The molecule has 0 aliphatic carbocycles. The Bertz CT molecular complexity index is 242. The van der Waals surface area contributed by atoms with Crippen LogP contribution in [0.25, 0.3) is 0 Å². The molecule has 0 aromatic carbocycles. The van der Waals surface area contributed by atoms with Crippen molar-refractivity contribution in [1.82, 2.24) is 0 Å². The Kier molecular flexibility index (Phi) is 3.62. The van der Waals surface area contributed by atoms with Gasteiger partial charge in [0.05, 0.1) is 0 Å². The van der Waals surface area contributed by atoms with Gasteiger partial charge in [0.2, 0.25) is 0 Å². The van der Waals surface area contributed by atoms with Gasteiger partial charge in [-0.2, -0.15) is 0 Å². The van der Waals surface area contributed by atoms with Crippen molar-refractivity contribution in [3.05, 3.63) is 0 Å². The van der Waals surface area contributed by atoms with E-state index in [1.165, 1.54) is 6.42 Å². The molecule has 2 atom stereocenters. The second-order valence-corrected chi connectivity index (χ2v) is 14.1. The summed E-state index contributed by atoms with van der Waals surface area (Å²) < 4.78 is 0. The van der Waals surface area contributed by atoms with Gasteiger partial charge in [0, 0.05) is 0 Å². The molecular weight excluding hydrogens is 243 g/mol. The molecule has 0 aromatic heterocycles. The molecule has 1 aliphatic heterocycles. The van der Waals surface area contributed by atoms with Crippen molar-refractivity contribution in [3.63, 3.8) is 0 Å². The van der Waals surface area contributed by atoms with E-state index in [9.17, 15) is 0 Å². The highest BCUT2D eigenvalue weighted by Crippen LogP contribution is 2.67. The Balaban J connectivity index is 2.81. The summed E-state index contributed by atoms with van der Waals surface area (Å²) in [5.41, 5.74) is 1.28. The second kappa shape index (κ2) is 3.92. The van der Waals surface area contributed by atoms with Crippen LogP contribution < -0.4 is 0 Å². The van der Waals surface area contributed by atoms with Crippen LogP contribution in [0.1, 0.15) is 48.0 Å². The van der Waals surface area contributed by atoms with Crippen LogP contribution in [0.3, 0.4) is 0 Å². The lowest BCUT2D eigenvalue weighted by atomic mass is 9.71. The molecule has 90 valence electrons. The number of rotatable bonds is 2. The Labute approximate surface area is 105 Å². The van der Waals surface area contributed by atoms with Crippen molar-refractivity contribution in [3.8, 4) is 0 Å². The first kappa shape index (κ1) is 13.9. The van der Waals surface area contributed by atoms with E-state index in [1.807, 2.05) is 0 Å². The average molecular weight is 267 g/mol. The van der Waals surface area contributed by atoms with Gasteiger partial charge in [-0.3, -0.25) is 0 Å². The van der Waals surface area contributed by atoms with E-state index >= 15 is 0 Å². The quantitative estimate of drug-likeness (QED) is 0.465. The predicted octanol–water partition coefficient (Wildman–Crippen LogP) is 5.39. The lowest BCUT2D eigenvalue weighted by Crippen LogP contribution is -2.56. The largest absolute Gasteiger partial charge is 0.255 e. The molecule has 0 saturated carbocycles. The van der Waals surface area contributed by atoms with Gasteiger partial charge in [0.15, 0.2) is 0 Å². The summed E-state index contributed by atoms with van der Waals surface area (Å²) in [5, 5.41) is 0. The lowest BCUT2D eigenvalue weighted by Gasteiger charge is -2.58. The summed E-state index contributed by atoms with van der Waals surface area (Å²) >= 11 is 13.0. The van der Waals surface area contributed by atoms with Crippen LogP contribution in [0.5, 0.6) is 0 Å². The van der Waals surface area contributed by atoms with Crippen LogP contribution in [-0.4, -0.2) is 6.69 Å². The summed E-state index contributed by atoms with van der Waals surface area (Å²) in [5.74, 6) is 0.683. The first-order chi connectivity index (χ1) is 6.49. The molecule has 0 aromatic rings. The molecule has 0 spiro atoms. The van der Waals surface area contributed by atoms with Crippen molar-refractivity contribution in [1.29, 1.82) is 0 Å². The van der Waals surface area contributed by atoms with E-state index in [2.05, 4.69) is 41.5 Å². The van der Waals surface area contributed by atoms with E-state index in [-0.39, 0.29) is 0 Å². The smallest absolute Gasteiger partial charge is 0.146 e. The molecular formula is C12H24Cl2Si. The molecule has 1 saturated heterocycles. The highest BCUT2D eigenvalue weighted by molar-refractivity contribution is 7.47. The van der Waals surface area contributed by atoms with Crippen LogP contribution >= 0.6 is 22.2 Å². The van der Waals surface area contributed by atoms with E-state index < -0.39 is 6.69 Å². The standard InChI is InChI=1S/C12H24Cl2Si/c1-9(2)12(6)8-15(13,14)10(12)7-11(3,4)5/h9-10H,7-8H2,1-6H3. The zero-order valence-corrected chi connectivity index (χ0v) is 13.3. The zero-order valence-electron chi connectivity index (χ0n) is 10.8. The molecule has 1 fully saturated rings. The van der Waals surface area contributed by atoms with Gasteiger partial charge in [-0.1, -0.05) is 41.5 Å². The van der Waals surface area contributed by atoms with Crippen LogP contribution in [0.2, 0.25) is 11.6 Å². The van der Waals surface area contributed by atoms with Gasteiger partial charge in [-0.25, -0.2) is 0 Å². The Morgan fingerprint density at radius 3 is 2.07 bits per heavy atom. The number of halogens is 2. The van der Waals surface area contributed by atoms with E-state index in [4.69, 9.17) is 22.2 Å². The Morgan fingerprint density at radius 2 is 1.80 bits per heavy atom. The first-order valence-corrected chi connectivity index (χ1v) is 10.2. The van der Waals surface area contributed by atoms with E-state index in [0.717, 1.165) is 6.04 Å². The molecule has 3 heteroatoms. The third-order valence-corrected chi connectivity index (χ3v) is 9.56. The topological polar surface area (TPSA) is 0 Å². The maximum atomic E-state index is 6.51. The zero-order chi connectivity index (χ0) is 12.1. The maximum Gasteiger partial charge on any atom is 0.255 e. The summed E-state index contributed by atoms with van der Waals surface area (Å²) in [7, 11) is 0. The Morgan fingerprint density at radius 1 is 1.33 bits per heavy atom. The molecule has 15 heavy (non-hydrogen) atoms. The molecule has 1 rings (SSSR count). The van der Waals surface area contributed by atoms with Gasteiger partial charge >= 0.3 is 0 Å². The number of hydrogen-bond acceptors (Lipinski definition) is 0. The fraction of sp³-hybridized carbons (Fsp3) is 1.00. The fourth-order valence-electron chi connectivity index (χ4n) is 2.71. The molecule has 0 amide bonds. The van der Waals surface area contributed by atoms with Crippen LogP contribution in [0, 0.1) is 16.7 Å². The van der Waals surface area contributed by atoms with Crippen molar-refractivity contribution in [2.75, 3.05) is 0 Å². The van der Waals surface area contributed by atoms with E-state index in [0.29, 0.717) is 22.3 Å². The highest BCUT2D eigenvalue weighted by atomic mass is 35.7. The molecule has 0 N–H and O–H groups in total. The first-order valence-electron chi connectivity index (χ1n) is 5.87. The normalized spacial score (nSPS) is 35.4. The summed E-state index contributed by atoms with van der Waals surface area (Å²) in [6, 6.07) is 1.07.